The number of hydrogen-bond acceptors (Lipinski definition) is 5. The summed E-state index contributed by atoms with van der Waals surface area (Å²) in [5.41, 5.74) is -0.0192. The van der Waals surface area contributed by atoms with Crippen LogP contribution in [0.5, 0.6) is 0 Å². The Morgan fingerprint density at radius 1 is 1.03 bits per heavy atom. The van der Waals surface area contributed by atoms with Crippen LogP contribution in [0.25, 0.3) is 5.69 Å². The molecule has 1 aliphatic heterocycles. The molecule has 4 rings (SSSR count). The highest BCUT2D eigenvalue weighted by molar-refractivity contribution is 7.78. The number of alkyl halides is 3. The number of carbonyl (C=O) groups is 1. The first kappa shape index (κ1) is 27.7. The van der Waals surface area contributed by atoms with Crippen LogP contribution in [0, 0.1) is 0 Å². The molecule has 1 unspecified atom stereocenters. The van der Waals surface area contributed by atoms with Gasteiger partial charge in [-0.25, -0.2) is 4.21 Å². The second-order valence-corrected chi connectivity index (χ2v) is 9.71. The maximum absolute atomic E-state index is 13.5. The Morgan fingerprint density at radius 3 is 2.37 bits per heavy atom. The summed E-state index contributed by atoms with van der Waals surface area (Å²) in [7, 11) is 0. The maximum atomic E-state index is 13.5. The number of hydrogen-bond donors (Lipinski definition) is 2. The first-order valence-corrected chi connectivity index (χ1v) is 13.1. The van der Waals surface area contributed by atoms with Crippen molar-refractivity contribution in [3.63, 3.8) is 0 Å². The Labute approximate surface area is 219 Å². The van der Waals surface area contributed by atoms with E-state index in [1.54, 1.807) is 30.3 Å². The van der Waals surface area contributed by atoms with Crippen molar-refractivity contribution in [3.05, 3.63) is 99.0 Å². The summed E-state index contributed by atoms with van der Waals surface area (Å²) >= 11 is -1.97. The minimum atomic E-state index is -4.60. The molecule has 1 saturated heterocycles. The lowest BCUT2D eigenvalue weighted by Gasteiger charge is -2.28. The lowest BCUT2D eigenvalue weighted by Crippen LogP contribution is -2.38. The number of benzene rings is 2. The molecule has 1 aromatic heterocycles. The van der Waals surface area contributed by atoms with Crippen LogP contribution in [0.4, 0.5) is 13.2 Å². The molecule has 0 aliphatic carbocycles. The third-order valence-electron chi connectivity index (χ3n) is 6.09. The van der Waals surface area contributed by atoms with Crippen LogP contribution in [0.1, 0.15) is 32.7 Å². The normalized spacial score (nSPS) is 15.3. The molecule has 38 heavy (non-hydrogen) atoms. The molecule has 2 N–H and O–H groups in total. The molecule has 0 radical (unpaired) electrons. The van der Waals surface area contributed by atoms with Crippen molar-refractivity contribution in [1.29, 1.82) is 0 Å². The Balaban J connectivity index is 1.63. The van der Waals surface area contributed by atoms with Gasteiger partial charge in [0.15, 0.2) is 11.1 Å². The average molecular weight is 550 g/mol. The number of nitrogens with one attached hydrogen (secondary N) is 1. The number of carbonyl (C=O) groups excluding carboxylic acids is 1. The van der Waals surface area contributed by atoms with E-state index in [9.17, 15) is 27.0 Å². The van der Waals surface area contributed by atoms with E-state index in [4.69, 9.17) is 9.29 Å². The zero-order valence-electron chi connectivity index (χ0n) is 20.2. The molecular weight excluding hydrogens is 523 g/mol. The molecule has 0 bridgehead atoms. The van der Waals surface area contributed by atoms with Gasteiger partial charge in [0.2, 0.25) is 0 Å². The second kappa shape index (κ2) is 12.0. The quantitative estimate of drug-likeness (QED) is 0.418. The van der Waals surface area contributed by atoms with Gasteiger partial charge in [0.05, 0.1) is 24.5 Å². The van der Waals surface area contributed by atoms with Crippen LogP contribution in [0.15, 0.2) is 65.5 Å². The van der Waals surface area contributed by atoms with Crippen molar-refractivity contribution < 1.29 is 31.5 Å². The van der Waals surface area contributed by atoms with E-state index in [1.165, 1.54) is 18.2 Å². The fraction of sp³-hybridized carbons (Fsp3) is 0.308. The van der Waals surface area contributed by atoms with E-state index >= 15 is 0 Å². The van der Waals surface area contributed by atoms with Gasteiger partial charge in [-0.3, -0.25) is 19.1 Å². The van der Waals surface area contributed by atoms with E-state index in [2.05, 4.69) is 5.32 Å². The standard InChI is InChI=1S/C26H26F3N3O5S/c27-26(28,29)20-2-1-3-21(14-20)32-22(16-31-10-12-37-13-11-31)8-9-23(25(32)34)24(33)30-15-18-4-6-19(7-5-18)17-38(35)36/h1-9,14H,10-13,15-17H2,(H,30,33)(H,35,36). The zero-order valence-corrected chi connectivity index (χ0v) is 21.1. The predicted molar refractivity (Wildman–Crippen MR) is 135 cm³/mol. The van der Waals surface area contributed by atoms with E-state index < -0.39 is 34.3 Å². The van der Waals surface area contributed by atoms with Gasteiger partial charge in [-0.2, -0.15) is 13.2 Å². The summed E-state index contributed by atoms with van der Waals surface area (Å²) in [4.78, 5) is 28.5. The second-order valence-electron chi connectivity index (χ2n) is 8.78. The largest absolute Gasteiger partial charge is 0.416 e. The Hall–Kier alpha value is -3.32. The van der Waals surface area contributed by atoms with Crippen LogP contribution in [-0.4, -0.2) is 50.4 Å². The van der Waals surface area contributed by atoms with E-state index in [1.807, 2.05) is 4.90 Å². The fourth-order valence-electron chi connectivity index (χ4n) is 4.14. The van der Waals surface area contributed by atoms with E-state index in [-0.39, 0.29) is 23.5 Å². The van der Waals surface area contributed by atoms with Gasteiger partial charge in [0, 0.05) is 37.6 Å². The van der Waals surface area contributed by atoms with Crippen LogP contribution in [0.2, 0.25) is 0 Å². The highest BCUT2D eigenvalue weighted by atomic mass is 32.2. The molecule has 202 valence electrons. The Bertz CT molecular complexity index is 1370. The average Bonchev–Trinajstić information content (AvgIpc) is 2.88. The zero-order chi connectivity index (χ0) is 27.3. The van der Waals surface area contributed by atoms with Crippen molar-refractivity contribution >= 4 is 17.0 Å². The van der Waals surface area contributed by atoms with Gasteiger partial charge in [-0.1, -0.05) is 30.3 Å². The van der Waals surface area contributed by atoms with Crippen molar-refractivity contribution in [2.75, 3.05) is 26.3 Å². The number of halogens is 3. The Kier molecular flexibility index (Phi) is 8.77. The topological polar surface area (TPSA) is 101 Å². The summed E-state index contributed by atoms with van der Waals surface area (Å²) in [6, 6.07) is 14.1. The number of ether oxygens (including phenoxy) is 1. The number of nitrogens with zero attached hydrogens (tertiary/aromatic N) is 2. The highest BCUT2D eigenvalue weighted by Crippen LogP contribution is 2.30. The van der Waals surface area contributed by atoms with Crippen molar-refractivity contribution in [1.82, 2.24) is 14.8 Å². The summed E-state index contributed by atoms with van der Waals surface area (Å²) in [6.07, 6.45) is -4.60. The molecule has 1 fully saturated rings. The van der Waals surface area contributed by atoms with E-state index in [0.717, 1.165) is 16.7 Å². The number of aromatic nitrogens is 1. The molecule has 12 heteroatoms. The smallest absolute Gasteiger partial charge is 0.379 e. The molecule has 1 aliphatic rings. The van der Waals surface area contributed by atoms with Crippen LogP contribution in [0.3, 0.4) is 0 Å². The van der Waals surface area contributed by atoms with Gasteiger partial charge >= 0.3 is 6.18 Å². The van der Waals surface area contributed by atoms with Gasteiger partial charge in [-0.05, 0) is 41.5 Å². The van der Waals surface area contributed by atoms with Gasteiger partial charge in [0.1, 0.15) is 5.56 Å². The minimum absolute atomic E-state index is 0.0135. The Morgan fingerprint density at radius 2 is 1.71 bits per heavy atom. The minimum Gasteiger partial charge on any atom is -0.379 e. The van der Waals surface area contributed by atoms with E-state index in [0.29, 0.717) is 49.7 Å². The lowest BCUT2D eigenvalue weighted by atomic mass is 10.1. The first-order valence-electron chi connectivity index (χ1n) is 11.8. The first-order chi connectivity index (χ1) is 18.1. The van der Waals surface area contributed by atoms with Gasteiger partial charge in [-0.15, -0.1) is 0 Å². The number of amides is 1. The third kappa shape index (κ3) is 6.95. The van der Waals surface area contributed by atoms with Crippen LogP contribution >= 0.6 is 0 Å². The molecule has 1 atom stereocenters. The summed E-state index contributed by atoms with van der Waals surface area (Å²) in [5.74, 6) is -0.687. The maximum Gasteiger partial charge on any atom is 0.416 e. The van der Waals surface area contributed by atoms with Crippen molar-refractivity contribution in [2.24, 2.45) is 0 Å². The molecule has 3 aromatic rings. The van der Waals surface area contributed by atoms with Gasteiger partial charge < -0.3 is 14.6 Å². The summed E-state index contributed by atoms with van der Waals surface area (Å²) < 4.78 is 66.7. The van der Waals surface area contributed by atoms with Crippen molar-refractivity contribution in [3.8, 4) is 5.69 Å². The number of rotatable bonds is 8. The summed E-state index contributed by atoms with van der Waals surface area (Å²) in [5, 5.41) is 2.66. The van der Waals surface area contributed by atoms with Crippen LogP contribution in [-0.2, 0) is 40.8 Å². The molecule has 0 spiro atoms. The summed E-state index contributed by atoms with van der Waals surface area (Å²) in [6.45, 7) is 2.60. The lowest BCUT2D eigenvalue weighted by molar-refractivity contribution is -0.137. The van der Waals surface area contributed by atoms with Gasteiger partial charge in [0.25, 0.3) is 11.5 Å². The fourth-order valence-corrected chi connectivity index (χ4v) is 4.62. The van der Waals surface area contributed by atoms with Crippen molar-refractivity contribution in [2.45, 2.75) is 25.0 Å². The molecule has 8 nitrogen and oxygen atoms in total. The monoisotopic (exact) mass is 549 g/mol. The van der Waals surface area contributed by atoms with Crippen LogP contribution < -0.4 is 10.9 Å². The molecule has 2 heterocycles. The predicted octanol–water partition coefficient (Wildman–Crippen LogP) is 3.34. The SMILES string of the molecule is O=C(NCc1ccc(CS(=O)O)cc1)c1ccc(CN2CCOCC2)n(-c2cccc(C(F)(F)F)c2)c1=O. The molecular formula is C26H26F3N3O5S. The molecule has 2 aromatic carbocycles. The number of pyridine rings is 1. The highest BCUT2D eigenvalue weighted by Gasteiger charge is 2.31. The number of morpholine rings is 1. The molecule has 0 saturated carbocycles. The molecule has 1 amide bonds. The third-order valence-corrected chi connectivity index (χ3v) is 6.68.